The lowest BCUT2D eigenvalue weighted by Crippen LogP contribution is -2.19. The van der Waals surface area contributed by atoms with Crippen molar-refractivity contribution >= 4 is 52.2 Å². The molecule has 1 amide bonds. The molecule has 1 saturated heterocycles. The molecule has 0 atom stereocenters. The zero-order chi connectivity index (χ0) is 22.7. The molecule has 4 rings (SSSR count). The van der Waals surface area contributed by atoms with Gasteiger partial charge in [0.05, 0.1) is 35.4 Å². The van der Waals surface area contributed by atoms with Crippen LogP contribution < -0.4 is 10.1 Å². The van der Waals surface area contributed by atoms with E-state index in [0.717, 1.165) is 5.75 Å². The van der Waals surface area contributed by atoms with E-state index in [0.29, 0.717) is 43.4 Å². The first kappa shape index (κ1) is 21.7. The summed E-state index contributed by atoms with van der Waals surface area (Å²) in [4.78, 5) is 29.0. The Morgan fingerprint density at radius 2 is 1.91 bits per heavy atom. The summed E-state index contributed by atoms with van der Waals surface area (Å²) in [5.74, 6) is 0.903. The number of amides is 1. The summed E-state index contributed by atoms with van der Waals surface area (Å²) in [5, 5.41) is 3.62. The Kier molecular flexibility index (Phi) is 6.34. The molecule has 0 bridgehead atoms. The van der Waals surface area contributed by atoms with Gasteiger partial charge < -0.3 is 19.2 Å². The zero-order valence-corrected chi connectivity index (χ0v) is 18.6. The maximum atomic E-state index is 12.3. The summed E-state index contributed by atoms with van der Waals surface area (Å²) >= 11 is 7.49. The number of rotatable bonds is 5. The van der Waals surface area contributed by atoms with Gasteiger partial charge in [0.15, 0.2) is 5.17 Å². The Hall–Kier alpha value is -3.49. The number of carbonyl (C=O) groups excluding carboxylic acids is 2. The first-order valence-corrected chi connectivity index (χ1v) is 10.6. The standard InChI is InChI=1S/C23H17ClN2O5S/c1-29-15-6-4-14(5-7-15)25-23-26-21(27)20(32-23)12-16-8-10-19(31-16)17-11-13(22(28)30-2)3-9-18(17)24/h3-12H,1-2H3,(H,25,26,27). The summed E-state index contributed by atoms with van der Waals surface area (Å²) < 4.78 is 15.7. The van der Waals surface area contributed by atoms with Crippen LogP contribution >= 0.6 is 23.4 Å². The molecular formula is C23H17ClN2O5S. The van der Waals surface area contributed by atoms with Gasteiger partial charge in [-0.2, -0.15) is 0 Å². The molecule has 1 aliphatic heterocycles. The Morgan fingerprint density at radius 3 is 2.62 bits per heavy atom. The molecule has 0 radical (unpaired) electrons. The van der Waals surface area contributed by atoms with Gasteiger partial charge in [0.25, 0.3) is 5.91 Å². The second kappa shape index (κ2) is 9.33. The van der Waals surface area contributed by atoms with Crippen molar-refractivity contribution in [1.82, 2.24) is 5.32 Å². The molecule has 32 heavy (non-hydrogen) atoms. The van der Waals surface area contributed by atoms with E-state index in [1.807, 2.05) is 0 Å². The molecular weight excluding hydrogens is 452 g/mol. The molecule has 7 nitrogen and oxygen atoms in total. The number of nitrogens with zero attached hydrogens (tertiary/aromatic N) is 1. The number of thioether (sulfide) groups is 1. The van der Waals surface area contributed by atoms with Crippen molar-refractivity contribution in [3.63, 3.8) is 0 Å². The largest absolute Gasteiger partial charge is 0.497 e. The number of nitrogens with one attached hydrogen (secondary N) is 1. The second-order valence-electron chi connectivity index (χ2n) is 6.57. The number of amidine groups is 1. The molecule has 1 N–H and O–H groups in total. The molecule has 0 spiro atoms. The van der Waals surface area contributed by atoms with Crippen LogP contribution in [-0.4, -0.2) is 31.3 Å². The third kappa shape index (κ3) is 4.71. The zero-order valence-electron chi connectivity index (χ0n) is 17.0. The molecule has 162 valence electrons. The first-order valence-electron chi connectivity index (χ1n) is 9.38. The predicted molar refractivity (Wildman–Crippen MR) is 124 cm³/mol. The van der Waals surface area contributed by atoms with E-state index < -0.39 is 5.97 Å². The lowest BCUT2D eigenvalue weighted by molar-refractivity contribution is -0.115. The third-order valence-corrected chi connectivity index (χ3v) is 5.75. The van der Waals surface area contributed by atoms with Gasteiger partial charge in [-0.1, -0.05) is 11.6 Å². The fourth-order valence-electron chi connectivity index (χ4n) is 2.92. The number of ether oxygens (including phenoxy) is 2. The van der Waals surface area contributed by atoms with E-state index in [9.17, 15) is 9.59 Å². The van der Waals surface area contributed by atoms with Crippen LogP contribution in [0, 0.1) is 0 Å². The number of methoxy groups -OCH3 is 2. The van der Waals surface area contributed by atoms with Crippen molar-refractivity contribution in [3.8, 4) is 17.1 Å². The average molecular weight is 469 g/mol. The Labute approximate surface area is 193 Å². The van der Waals surface area contributed by atoms with Crippen LogP contribution in [-0.2, 0) is 9.53 Å². The van der Waals surface area contributed by atoms with Crippen LogP contribution in [0.5, 0.6) is 5.75 Å². The minimum atomic E-state index is -0.473. The van der Waals surface area contributed by atoms with Gasteiger partial charge in [-0.15, -0.1) is 0 Å². The Bertz CT molecular complexity index is 1250. The number of carbonyl (C=O) groups is 2. The van der Waals surface area contributed by atoms with Crippen LogP contribution in [0.1, 0.15) is 16.1 Å². The van der Waals surface area contributed by atoms with E-state index in [2.05, 4.69) is 10.3 Å². The van der Waals surface area contributed by atoms with Crippen molar-refractivity contribution in [1.29, 1.82) is 0 Å². The highest BCUT2D eigenvalue weighted by molar-refractivity contribution is 8.18. The number of benzene rings is 2. The fourth-order valence-corrected chi connectivity index (χ4v) is 3.95. The lowest BCUT2D eigenvalue weighted by Gasteiger charge is -2.04. The Balaban J connectivity index is 1.55. The third-order valence-electron chi connectivity index (χ3n) is 4.51. The quantitative estimate of drug-likeness (QED) is 0.404. The maximum Gasteiger partial charge on any atom is 0.337 e. The second-order valence-corrected chi connectivity index (χ2v) is 8.01. The molecule has 0 unspecified atom stereocenters. The highest BCUT2D eigenvalue weighted by Gasteiger charge is 2.24. The molecule has 3 aromatic rings. The van der Waals surface area contributed by atoms with Crippen LogP contribution in [0.3, 0.4) is 0 Å². The molecule has 0 saturated carbocycles. The minimum absolute atomic E-state index is 0.272. The molecule has 1 aromatic heterocycles. The topological polar surface area (TPSA) is 90.1 Å². The normalized spacial score (nSPS) is 15.8. The van der Waals surface area contributed by atoms with Crippen molar-refractivity contribution in [3.05, 3.63) is 75.8 Å². The smallest absolute Gasteiger partial charge is 0.337 e. The SMILES string of the molecule is COC(=O)c1ccc(Cl)c(-c2ccc(C=C3SC(=Nc4ccc(OC)cc4)NC3=O)o2)c1. The summed E-state index contributed by atoms with van der Waals surface area (Å²) in [6.07, 6.45) is 1.62. The monoisotopic (exact) mass is 468 g/mol. The highest BCUT2D eigenvalue weighted by atomic mass is 35.5. The number of furan rings is 1. The van der Waals surface area contributed by atoms with Crippen molar-refractivity contribution < 1.29 is 23.5 Å². The van der Waals surface area contributed by atoms with Crippen LogP contribution in [0.4, 0.5) is 5.69 Å². The van der Waals surface area contributed by atoms with Gasteiger partial charge in [0.1, 0.15) is 17.3 Å². The van der Waals surface area contributed by atoms with Gasteiger partial charge in [0, 0.05) is 11.6 Å². The number of aliphatic imine (C=N–C) groups is 1. The predicted octanol–water partition coefficient (Wildman–Crippen LogP) is 5.29. The van der Waals surface area contributed by atoms with Crippen molar-refractivity contribution in [2.24, 2.45) is 4.99 Å². The molecule has 0 aliphatic carbocycles. The van der Waals surface area contributed by atoms with Crippen molar-refractivity contribution in [2.45, 2.75) is 0 Å². The average Bonchev–Trinajstić information content (AvgIpc) is 3.40. The van der Waals surface area contributed by atoms with Gasteiger partial charge in [-0.25, -0.2) is 9.79 Å². The van der Waals surface area contributed by atoms with Crippen LogP contribution in [0.15, 0.2) is 68.9 Å². The maximum absolute atomic E-state index is 12.3. The lowest BCUT2D eigenvalue weighted by atomic mass is 10.1. The van der Waals surface area contributed by atoms with E-state index in [-0.39, 0.29) is 5.91 Å². The molecule has 1 aliphatic rings. The van der Waals surface area contributed by atoms with Crippen LogP contribution in [0.25, 0.3) is 17.4 Å². The fraction of sp³-hybridized carbons (Fsp3) is 0.0870. The van der Waals surface area contributed by atoms with E-state index in [1.54, 1.807) is 67.8 Å². The van der Waals surface area contributed by atoms with Crippen LogP contribution in [0.2, 0.25) is 5.02 Å². The summed E-state index contributed by atoms with van der Waals surface area (Å²) in [6.45, 7) is 0. The molecule has 9 heteroatoms. The van der Waals surface area contributed by atoms with Gasteiger partial charge in [-0.05, 0) is 66.4 Å². The molecule has 2 aromatic carbocycles. The number of hydrogen-bond donors (Lipinski definition) is 1. The number of esters is 1. The van der Waals surface area contributed by atoms with E-state index in [1.165, 1.54) is 18.9 Å². The van der Waals surface area contributed by atoms with Gasteiger partial charge >= 0.3 is 5.97 Å². The molecule has 2 heterocycles. The van der Waals surface area contributed by atoms with Gasteiger partial charge in [-0.3, -0.25) is 4.79 Å². The van der Waals surface area contributed by atoms with Gasteiger partial charge in [0.2, 0.25) is 0 Å². The summed E-state index contributed by atoms with van der Waals surface area (Å²) in [5.41, 5.74) is 1.59. The Morgan fingerprint density at radius 1 is 1.12 bits per heavy atom. The minimum Gasteiger partial charge on any atom is -0.497 e. The number of halogens is 1. The number of hydrogen-bond acceptors (Lipinski definition) is 7. The van der Waals surface area contributed by atoms with E-state index in [4.69, 9.17) is 25.5 Å². The summed E-state index contributed by atoms with van der Waals surface area (Å²) in [6, 6.07) is 15.4. The summed E-state index contributed by atoms with van der Waals surface area (Å²) in [7, 11) is 2.90. The van der Waals surface area contributed by atoms with Crippen molar-refractivity contribution in [2.75, 3.05) is 14.2 Å². The molecule has 1 fully saturated rings. The highest BCUT2D eigenvalue weighted by Crippen LogP contribution is 2.33. The van der Waals surface area contributed by atoms with E-state index >= 15 is 0 Å². The first-order chi connectivity index (χ1) is 15.5.